The number of hydrogen-bond donors (Lipinski definition) is 2. The molecule has 0 aliphatic heterocycles. The fourth-order valence-electron chi connectivity index (χ4n) is 3.86. The van der Waals surface area contributed by atoms with Crippen LogP contribution in [0.3, 0.4) is 0 Å². The zero-order valence-electron chi connectivity index (χ0n) is 22.2. The average molecular weight is 525 g/mol. The molecule has 0 fully saturated rings. The lowest BCUT2D eigenvalue weighted by Gasteiger charge is -2.20. The van der Waals surface area contributed by atoms with Crippen molar-refractivity contribution in [3.8, 4) is 0 Å². The highest BCUT2D eigenvalue weighted by molar-refractivity contribution is 7.63. The van der Waals surface area contributed by atoms with Gasteiger partial charge in [-0.05, 0) is 39.5 Å². The van der Waals surface area contributed by atoms with Crippen molar-refractivity contribution in [1.29, 1.82) is 0 Å². The molecule has 34 heavy (non-hydrogen) atoms. The second kappa shape index (κ2) is 16.4. The van der Waals surface area contributed by atoms with E-state index in [2.05, 4.69) is 13.8 Å². The van der Waals surface area contributed by atoms with Crippen molar-refractivity contribution in [1.82, 2.24) is 0 Å². The Kier molecular flexibility index (Phi) is 16.9. The third-order valence-electron chi connectivity index (χ3n) is 5.85. The third kappa shape index (κ3) is 18.1. The van der Waals surface area contributed by atoms with Crippen LogP contribution >= 0.6 is 14.3 Å². The van der Waals surface area contributed by atoms with Gasteiger partial charge >= 0.3 is 11.9 Å². The van der Waals surface area contributed by atoms with Gasteiger partial charge in [0, 0.05) is 42.9 Å². The van der Waals surface area contributed by atoms with Gasteiger partial charge in [0.15, 0.2) is 0 Å². The number of carboxylic acid groups (broad SMARTS) is 2. The molecule has 0 bridgehead atoms. The van der Waals surface area contributed by atoms with Crippen LogP contribution in [-0.4, -0.2) is 71.7 Å². The lowest BCUT2D eigenvalue weighted by atomic mass is 10.1. The Morgan fingerprint density at radius 3 is 1.47 bits per heavy atom. The number of ketones is 2. The molecule has 0 aliphatic carbocycles. The molecule has 0 aliphatic rings. The standard InChI is InChI=1S/C12H21O6P.C12H25O2P/c1-8(9(2)13)6-19(3,18)7-10(12(16)17)4-5-11(14)15;1-6-7-10(2)8-15(5,14)9-11(3)12(4)13/h8,10H,4-7H2,1-3H3,(H,14,15)(H,16,17);10-11H,6-9H2,1-5H3. The molecule has 2 N–H and O–H groups in total. The Labute approximate surface area is 205 Å². The number of carbonyl (C=O) groups excluding carboxylic acids is 2. The van der Waals surface area contributed by atoms with Crippen LogP contribution < -0.4 is 0 Å². The Morgan fingerprint density at radius 1 is 0.735 bits per heavy atom. The van der Waals surface area contributed by atoms with Gasteiger partial charge in [-0.15, -0.1) is 0 Å². The fraction of sp³-hybridized carbons (Fsp3) is 0.833. The quantitative estimate of drug-likeness (QED) is 0.255. The van der Waals surface area contributed by atoms with Gasteiger partial charge in [0.05, 0.1) is 20.2 Å². The average Bonchev–Trinajstić information content (AvgIpc) is 2.63. The summed E-state index contributed by atoms with van der Waals surface area (Å²) in [6.07, 6.45) is 3.44. The van der Waals surface area contributed by atoms with E-state index in [0.29, 0.717) is 12.1 Å². The summed E-state index contributed by atoms with van der Waals surface area (Å²) in [5, 5.41) is 17.6. The maximum atomic E-state index is 12.3. The van der Waals surface area contributed by atoms with Crippen molar-refractivity contribution in [2.75, 3.05) is 38.0 Å². The molecule has 6 unspecified atom stereocenters. The van der Waals surface area contributed by atoms with Crippen molar-refractivity contribution < 1.29 is 38.5 Å². The smallest absolute Gasteiger partial charge is 0.306 e. The summed E-state index contributed by atoms with van der Waals surface area (Å²) < 4.78 is 24.6. The molecule has 0 rings (SSSR count). The van der Waals surface area contributed by atoms with E-state index in [1.165, 1.54) is 13.6 Å². The SMILES string of the molecule is CC(=O)C(C)CP(C)(=O)CC(CCC(=O)O)C(=O)O.CCCC(C)CP(C)(=O)CC(C)C(C)=O. The Bertz CT molecular complexity index is 777. The highest BCUT2D eigenvalue weighted by Crippen LogP contribution is 2.46. The fourth-order valence-corrected chi connectivity index (χ4v) is 9.77. The van der Waals surface area contributed by atoms with Gasteiger partial charge in [-0.3, -0.25) is 19.2 Å². The number of Topliss-reactive ketones (excluding diaryl/α,β-unsaturated/α-hetero) is 2. The monoisotopic (exact) mass is 524 g/mol. The lowest BCUT2D eigenvalue weighted by Crippen LogP contribution is -2.22. The molecule has 0 aromatic carbocycles. The number of carboxylic acids is 2. The molecule has 6 atom stereocenters. The van der Waals surface area contributed by atoms with Crippen LogP contribution in [-0.2, 0) is 28.3 Å². The Balaban J connectivity index is 0. The van der Waals surface area contributed by atoms with E-state index in [9.17, 15) is 28.3 Å². The molecule has 8 nitrogen and oxygen atoms in total. The zero-order chi connectivity index (χ0) is 27.3. The molecule has 0 saturated heterocycles. The second-order valence-electron chi connectivity index (χ2n) is 10.2. The van der Waals surface area contributed by atoms with Crippen molar-refractivity contribution >= 4 is 37.8 Å². The zero-order valence-corrected chi connectivity index (χ0v) is 24.0. The molecule has 200 valence electrons. The summed E-state index contributed by atoms with van der Waals surface area (Å²) in [7, 11) is -4.88. The summed E-state index contributed by atoms with van der Waals surface area (Å²) in [4.78, 5) is 43.7. The number of rotatable bonds is 16. The number of carbonyl (C=O) groups is 4. The van der Waals surface area contributed by atoms with E-state index in [0.717, 1.165) is 19.0 Å². The highest BCUT2D eigenvalue weighted by Gasteiger charge is 2.29. The minimum absolute atomic E-state index is 0.0447. The van der Waals surface area contributed by atoms with Crippen LogP contribution in [0.5, 0.6) is 0 Å². The molecular weight excluding hydrogens is 478 g/mol. The van der Waals surface area contributed by atoms with Crippen molar-refractivity contribution in [3.63, 3.8) is 0 Å². The van der Waals surface area contributed by atoms with Gasteiger partial charge in [0.25, 0.3) is 0 Å². The molecule has 0 spiro atoms. The van der Waals surface area contributed by atoms with E-state index in [4.69, 9.17) is 10.2 Å². The van der Waals surface area contributed by atoms with Crippen molar-refractivity contribution in [2.24, 2.45) is 23.7 Å². The number of aliphatic carboxylic acids is 2. The summed E-state index contributed by atoms with van der Waals surface area (Å²) in [5.41, 5.74) is 0. The first-order valence-electron chi connectivity index (χ1n) is 11.9. The molecular formula is C24H46O8P2. The Morgan fingerprint density at radius 2 is 1.15 bits per heavy atom. The topological polar surface area (TPSA) is 143 Å². The minimum Gasteiger partial charge on any atom is -0.481 e. The Hall–Kier alpha value is -1.26. The first kappa shape index (κ1) is 34.9. The van der Waals surface area contributed by atoms with Gasteiger partial charge in [-0.25, -0.2) is 0 Å². The summed E-state index contributed by atoms with van der Waals surface area (Å²) in [6, 6.07) is 0. The first-order chi connectivity index (χ1) is 15.3. The predicted octanol–water partition coefficient (Wildman–Crippen LogP) is 5.41. The molecule has 10 heteroatoms. The number of hydrogen-bond acceptors (Lipinski definition) is 6. The van der Waals surface area contributed by atoms with Gasteiger partial charge in [0.1, 0.15) is 11.6 Å². The maximum Gasteiger partial charge on any atom is 0.306 e. The molecule has 0 aromatic rings. The normalized spacial score (nSPS) is 18.1. The van der Waals surface area contributed by atoms with Gasteiger partial charge in [-0.1, -0.05) is 40.5 Å². The van der Waals surface area contributed by atoms with Gasteiger partial charge in [0.2, 0.25) is 0 Å². The molecule has 0 radical (unpaired) electrons. The maximum absolute atomic E-state index is 12.3. The van der Waals surface area contributed by atoms with Crippen LogP contribution in [0, 0.1) is 23.7 Å². The largest absolute Gasteiger partial charge is 0.481 e. The van der Waals surface area contributed by atoms with Crippen LogP contribution in [0.2, 0.25) is 0 Å². The summed E-state index contributed by atoms with van der Waals surface area (Å²) in [6.45, 7) is 14.1. The van der Waals surface area contributed by atoms with E-state index < -0.39 is 32.1 Å². The van der Waals surface area contributed by atoms with Gasteiger partial charge < -0.3 is 19.3 Å². The molecule has 0 amide bonds. The van der Waals surface area contributed by atoms with Crippen LogP contribution in [0.25, 0.3) is 0 Å². The van der Waals surface area contributed by atoms with E-state index in [1.54, 1.807) is 13.8 Å². The summed E-state index contributed by atoms with van der Waals surface area (Å²) >= 11 is 0. The van der Waals surface area contributed by atoms with Crippen molar-refractivity contribution in [2.45, 2.75) is 67.2 Å². The van der Waals surface area contributed by atoms with E-state index in [-0.39, 0.29) is 48.6 Å². The third-order valence-corrected chi connectivity index (χ3v) is 11.1. The van der Waals surface area contributed by atoms with Gasteiger partial charge in [-0.2, -0.15) is 0 Å². The minimum atomic E-state index is -2.77. The molecule has 0 aromatic heterocycles. The molecule has 0 heterocycles. The highest BCUT2D eigenvalue weighted by atomic mass is 31.2. The molecule has 0 saturated carbocycles. The second-order valence-corrected chi connectivity index (χ2v) is 16.9. The van der Waals surface area contributed by atoms with Crippen LogP contribution in [0.1, 0.15) is 67.2 Å². The van der Waals surface area contributed by atoms with Crippen LogP contribution in [0.15, 0.2) is 0 Å². The van der Waals surface area contributed by atoms with E-state index in [1.807, 2.05) is 13.6 Å². The predicted molar refractivity (Wildman–Crippen MR) is 138 cm³/mol. The first-order valence-corrected chi connectivity index (χ1v) is 16.9. The lowest BCUT2D eigenvalue weighted by molar-refractivity contribution is -0.142. The van der Waals surface area contributed by atoms with Crippen LogP contribution in [0.4, 0.5) is 0 Å². The summed E-state index contributed by atoms with van der Waals surface area (Å²) in [5.74, 6) is -2.98. The van der Waals surface area contributed by atoms with E-state index >= 15 is 0 Å². The van der Waals surface area contributed by atoms with Crippen molar-refractivity contribution in [3.05, 3.63) is 0 Å².